The average Bonchev–Trinajstić information content (AvgIpc) is 2.33. The second kappa shape index (κ2) is 5.07. The minimum absolute atomic E-state index is 0.272. The molecule has 0 aliphatic carbocycles. The lowest BCUT2D eigenvalue weighted by Gasteiger charge is -2.11. The van der Waals surface area contributed by atoms with E-state index in [4.69, 9.17) is 5.26 Å². The number of hydrogen-bond donors (Lipinski definition) is 1. The van der Waals surface area contributed by atoms with E-state index < -0.39 is 0 Å². The van der Waals surface area contributed by atoms with Crippen LogP contribution in [0.1, 0.15) is 22.5 Å². The van der Waals surface area contributed by atoms with Crippen LogP contribution in [0.15, 0.2) is 24.3 Å². The van der Waals surface area contributed by atoms with Crippen LogP contribution < -0.4 is 5.32 Å². The van der Waals surface area contributed by atoms with Gasteiger partial charge in [-0.05, 0) is 44.5 Å². The van der Waals surface area contributed by atoms with Crippen LogP contribution in [-0.2, 0) is 0 Å². The van der Waals surface area contributed by atoms with Crippen molar-refractivity contribution in [1.29, 1.82) is 5.26 Å². The van der Waals surface area contributed by atoms with E-state index in [9.17, 15) is 4.39 Å². The Hall–Kier alpha value is -2.41. The van der Waals surface area contributed by atoms with E-state index in [1.807, 2.05) is 6.92 Å². The molecule has 0 unspecified atom stereocenters. The number of benzene rings is 1. The molecule has 2 aromatic rings. The van der Waals surface area contributed by atoms with Crippen molar-refractivity contribution in [1.82, 2.24) is 4.98 Å². The van der Waals surface area contributed by atoms with Crippen LogP contribution in [0.4, 0.5) is 15.8 Å². The predicted octanol–water partition coefficient (Wildman–Crippen LogP) is 3.76. The number of pyridine rings is 1. The summed E-state index contributed by atoms with van der Waals surface area (Å²) < 4.78 is 13.5. The zero-order valence-corrected chi connectivity index (χ0v) is 11.1. The van der Waals surface area contributed by atoms with Gasteiger partial charge < -0.3 is 5.32 Å². The molecule has 3 nitrogen and oxygen atoms in total. The first-order chi connectivity index (χ1) is 9.01. The molecule has 0 saturated carbocycles. The Labute approximate surface area is 111 Å². The average molecular weight is 255 g/mol. The van der Waals surface area contributed by atoms with Gasteiger partial charge in [0, 0.05) is 11.4 Å². The molecule has 0 aliphatic rings. The number of hydrogen-bond acceptors (Lipinski definition) is 3. The molecule has 0 saturated heterocycles. The van der Waals surface area contributed by atoms with Crippen LogP contribution in [0, 0.1) is 37.9 Å². The van der Waals surface area contributed by atoms with Gasteiger partial charge in [0.15, 0.2) is 0 Å². The van der Waals surface area contributed by atoms with E-state index in [0.717, 1.165) is 5.69 Å². The highest BCUT2D eigenvalue weighted by Crippen LogP contribution is 2.24. The maximum absolute atomic E-state index is 13.5. The van der Waals surface area contributed by atoms with Crippen LogP contribution in [0.3, 0.4) is 0 Å². The van der Waals surface area contributed by atoms with Gasteiger partial charge in [-0.25, -0.2) is 4.39 Å². The third-order valence-corrected chi connectivity index (χ3v) is 2.89. The smallest absolute Gasteiger partial charge is 0.128 e. The monoisotopic (exact) mass is 255 g/mol. The molecule has 19 heavy (non-hydrogen) atoms. The molecule has 0 fully saturated rings. The van der Waals surface area contributed by atoms with Crippen LogP contribution in [0.5, 0.6) is 0 Å². The molecule has 0 atom stereocenters. The van der Waals surface area contributed by atoms with Crippen LogP contribution in [0.25, 0.3) is 0 Å². The SMILES string of the molecule is Cc1cc(Nc2ccc(C)c(F)c2)c(C#N)c(C)n1. The lowest BCUT2D eigenvalue weighted by atomic mass is 10.1. The first-order valence-corrected chi connectivity index (χ1v) is 5.93. The Morgan fingerprint density at radius 3 is 2.58 bits per heavy atom. The summed E-state index contributed by atoms with van der Waals surface area (Å²) in [6.45, 7) is 5.35. The van der Waals surface area contributed by atoms with E-state index in [0.29, 0.717) is 28.2 Å². The molecule has 1 aromatic carbocycles. The lowest BCUT2D eigenvalue weighted by Crippen LogP contribution is -2.00. The van der Waals surface area contributed by atoms with Crippen molar-refractivity contribution in [2.75, 3.05) is 5.32 Å². The van der Waals surface area contributed by atoms with Gasteiger partial charge in [0.05, 0.1) is 16.9 Å². The molecular weight excluding hydrogens is 241 g/mol. The standard InChI is InChI=1S/C15H14FN3/c1-9-4-5-12(7-14(9)16)19-15-6-10(2)18-11(3)13(15)8-17/h4-7H,1-3H3,(H,18,19). The Morgan fingerprint density at radius 2 is 1.95 bits per heavy atom. The fourth-order valence-corrected chi connectivity index (χ4v) is 1.89. The fourth-order valence-electron chi connectivity index (χ4n) is 1.89. The van der Waals surface area contributed by atoms with Crippen LogP contribution in [0.2, 0.25) is 0 Å². The Morgan fingerprint density at radius 1 is 1.21 bits per heavy atom. The van der Waals surface area contributed by atoms with Crippen molar-refractivity contribution in [2.45, 2.75) is 20.8 Å². The third kappa shape index (κ3) is 2.71. The topological polar surface area (TPSA) is 48.7 Å². The van der Waals surface area contributed by atoms with Gasteiger partial charge in [-0.1, -0.05) is 6.07 Å². The summed E-state index contributed by atoms with van der Waals surface area (Å²) in [6, 6.07) is 8.80. The number of nitrogens with zero attached hydrogens (tertiary/aromatic N) is 2. The summed E-state index contributed by atoms with van der Waals surface area (Å²) in [7, 11) is 0. The summed E-state index contributed by atoms with van der Waals surface area (Å²) in [5.74, 6) is -0.272. The van der Waals surface area contributed by atoms with Crippen molar-refractivity contribution in [3.05, 3.63) is 52.6 Å². The highest BCUT2D eigenvalue weighted by molar-refractivity contribution is 5.68. The summed E-state index contributed by atoms with van der Waals surface area (Å²) in [5, 5.41) is 12.2. The molecular formula is C15H14FN3. The number of anilines is 2. The zero-order valence-electron chi connectivity index (χ0n) is 11.1. The molecule has 1 N–H and O–H groups in total. The van der Waals surface area contributed by atoms with E-state index in [-0.39, 0.29) is 5.82 Å². The molecule has 0 radical (unpaired) electrons. The molecule has 0 spiro atoms. The number of nitrogens with one attached hydrogen (secondary N) is 1. The number of aromatic nitrogens is 1. The highest BCUT2D eigenvalue weighted by Gasteiger charge is 2.09. The number of rotatable bonds is 2. The van der Waals surface area contributed by atoms with Crippen molar-refractivity contribution in [3.8, 4) is 6.07 Å². The zero-order chi connectivity index (χ0) is 14.0. The molecule has 96 valence electrons. The molecule has 0 aliphatic heterocycles. The van der Waals surface area contributed by atoms with E-state index in [1.54, 1.807) is 32.0 Å². The van der Waals surface area contributed by atoms with Gasteiger partial charge in [-0.3, -0.25) is 4.98 Å². The van der Waals surface area contributed by atoms with Crippen molar-refractivity contribution in [3.63, 3.8) is 0 Å². The second-order valence-corrected chi connectivity index (χ2v) is 4.47. The molecule has 2 rings (SSSR count). The first kappa shape index (κ1) is 13.0. The Bertz CT molecular complexity index is 672. The third-order valence-electron chi connectivity index (χ3n) is 2.89. The van der Waals surface area contributed by atoms with Crippen LogP contribution >= 0.6 is 0 Å². The minimum Gasteiger partial charge on any atom is -0.354 e. The quantitative estimate of drug-likeness (QED) is 0.888. The molecule has 0 amide bonds. The first-order valence-electron chi connectivity index (χ1n) is 5.93. The van der Waals surface area contributed by atoms with Gasteiger partial charge >= 0.3 is 0 Å². The fraction of sp³-hybridized carbons (Fsp3) is 0.200. The molecule has 0 bridgehead atoms. The summed E-state index contributed by atoms with van der Waals surface area (Å²) in [4.78, 5) is 4.24. The van der Waals surface area contributed by atoms with Crippen LogP contribution in [-0.4, -0.2) is 4.98 Å². The summed E-state index contributed by atoms with van der Waals surface area (Å²) in [5.41, 5.74) is 3.81. The Kier molecular flexibility index (Phi) is 3.48. The maximum atomic E-state index is 13.5. The molecule has 4 heteroatoms. The van der Waals surface area contributed by atoms with Crippen molar-refractivity contribution >= 4 is 11.4 Å². The maximum Gasteiger partial charge on any atom is 0.128 e. The van der Waals surface area contributed by atoms with Crippen molar-refractivity contribution in [2.24, 2.45) is 0 Å². The highest BCUT2D eigenvalue weighted by atomic mass is 19.1. The number of halogens is 1. The van der Waals surface area contributed by atoms with E-state index >= 15 is 0 Å². The summed E-state index contributed by atoms with van der Waals surface area (Å²) in [6.07, 6.45) is 0. The number of nitriles is 1. The molecule has 1 aromatic heterocycles. The number of aryl methyl sites for hydroxylation is 3. The predicted molar refractivity (Wildman–Crippen MR) is 72.8 cm³/mol. The largest absolute Gasteiger partial charge is 0.354 e. The van der Waals surface area contributed by atoms with Gasteiger partial charge in [-0.15, -0.1) is 0 Å². The van der Waals surface area contributed by atoms with E-state index in [1.165, 1.54) is 6.07 Å². The van der Waals surface area contributed by atoms with Gasteiger partial charge in [0.25, 0.3) is 0 Å². The lowest BCUT2D eigenvalue weighted by molar-refractivity contribution is 0.619. The van der Waals surface area contributed by atoms with Gasteiger partial charge in [-0.2, -0.15) is 5.26 Å². The van der Waals surface area contributed by atoms with Gasteiger partial charge in [0.1, 0.15) is 11.9 Å². The Balaban J connectivity index is 2.43. The summed E-state index contributed by atoms with van der Waals surface area (Å²) >= 11 is 0. The van der Waals surface area contributed by atoms with Crippen molar-refractivity contribution < 1.29 is 4.39 Å². The van der Waals surface area contributed by atoms with Gasteiger partial charge in [0.2, 0.25) is 0 Å². The molecule has 1 heterocycles. The van der Waals surface area contributed by atoms with E-state index in [2.05, 4.69) is 16.4 Å². The second-order valence-electron chi connectivity index (χ2n) is 4.47. The normalized spacial score (nSPS) is 10.1. The minimum atomic E-state index is -0.272.